The van der Waals surface area contributed by atoms with Gasteiger partial charge in [0.1, 0.15) is 0 Å². The average molecular weight is 464 g/mol. The number of alkyl halides is 3. The molecule has 1 heterocycles. The summed E-state index contributed by atoms with van der Waals surface area (Å²) < 4.78 is 39.5. The quantitative estimate of drug-likeness (QED) is 0.611. The summed E-state index contributed by atoms with van der Waals surface area (Å²) in [6.07, 6.45) is -0.621. The number of amides is 1. The molecule has 1 aliphatic carbocycles. The molecule has 0 radical (unpaired) electrons. The number of hydrogen-bond donors (Lipinski definition) is 1. The number of halogens is 4. The fraction of sp³-hybridized carbons (Fsp3) is 0.333. The summed E-state index contributed by atoms with van der Waals surface area (Å²) in [5, 5.41) is 10.2. The van der Waals surface area contributed by atoms with E-state index < -0.39 is 29.0 Å². The molecule has 2 aromatic carbocycles. The van der Waals surface area contributed by atoms with E-state index in [1.807, 2.05) is 0 Å². The van der Waals surface area contributed by atoms with Gasteiger partial charge in [-0.3, -0.25) is 9.59 Å². The van der Waals surface area contributed by atoms with Gasteiger partial charge in [-0.15, -0.1) is 0 Å². The number of hydrogen-bond acceptors (Lipinski definition) is 2. The first kappa shape index (κ1) is 22.4. The van der Waals surface area contributed by atoms with Gasteiger partial charge in [-0.2, -0.15) is 13.2 Å². The van der Waals surface area contributed by atoms with Crippen molar-refractivity contribution in [3.8, 4) is 0 Å². The molecule has 4 rings (SSSR count). The summed E-state index contributed by atoms with van der Waals surface area (Å²) >= 11 is 6.45. The monoisotopic (exact) mass is 463 g/mol. The van der Waals surface area contributed by atoms with Crippen LogP contribution >= 0.6 is 11.6 Å². The highest BCUT2D eigenvalue weighted by atomic mass is 35.5. The lowest BCUT2D eigenvalue weighted by Gasteiger charge is -2.40. The third kappa shape index (κ3) is 4.01. The fourth-order valence-corrected chi connectivity index (χ4v) is 5.37. The highest BCUT2D eigenvalue weighted by Crippen LogP contribution is 2.54. The van der Waals surface area contributed by atoms with Crippen LogP contribution in [0.1, 0.15) is 47.4 Å². The Balaban J connectivity index is 1.50. The predicted octanol–water partition coefficient (Wildman–Crippen LogP) is 5.50. The van der Waals surface area contributed by atoms with Crippen LogP contribution < -0.4 is 0 Å². The minimum absolute atomic E-state index is 0.0670. The van der Waals surface area contributed by atoms with Crippen molar-refractivity contribution < 1.29 is 27.9 Å². The number of fused-ring (bicyclic) bond motifs is 2. The van der Waals surface area contributed by atoms with Crippen LogP contribution in [0.5, 0.6) is 0 Å². The van der Waals surface area contributed by atoms with Crippen LogP contribution in [0.2, 0.25) is 5.02 Å². The number of carboxylic acids is 1. The second-order valence-corrected chi connectivity index (χ2v) is 8.73. The molecule has 0 aromatic heterocycles. The number of carboxylic acid groups (broad SMARTS) is 1. The molecule has 4 nitrogen and oxygen atoms in total. The van der Waals surface area contributed by atoms with Crippen molar-refractivity contribution in [3.05, 3.63) is 75.8 Å². The van der Waals surface area contributed by atoms with E-state index in [1.165, 1.54) is 24.3 Å². The molecule has 168 valence electrons. The Morgan fingerprint density at radius 1 is 1.09 bits per heavy atom. The number of carbonyl (C=O) groups is 2. The molecule has 1 saturated heterocycles. The minimum atomic E-state index is -4.50. The van der Waals surface area contributed by atoms with E-state index in [-0.39, 0.29) is 11.5 Å². The third-order valence-electron chi connectivity index (χ3n) is 6.55. The molecule has 8 heteroatoms. The highest BCUT2D eigenvalue weighted by Gasteiger charge is 2.49. The van der Waals surface area contributed by atoms with Gasteiger partial charge in [0.25, 0.3) is 0 Å². The Labute approximate surface area is 188 Å². The Bertz CT molecular complexity index is 1090. The molecule has 1 spiro atoms. The summed E-state index contributed by atoms with van der Waals surface area (Å²) in [5.41, 5.74) is 0.311. The molecule has 1 fully saturated rings. The zero-order valence-corrected chi connectivity index (χ0v) is 17.8. The predicted molar refractivity (Wildman–Crippen MR) is 114 cm³/mol. The third-order valence-corrected chi connectivity index (χ3v) is 6.86. The Hall–Kier alpha value is -2.80. The molecule has 0 bridgehead atoms. The number of rotatable bonds is 3. The van der Waals surface area contributed by atoms with Gasteiger partial charge < -0.3 is 10.0 Å². The van der Waals surface area contributed by atoms with Crippen LogP contribution in [0.15, 0.2) is 48.5 Å². The molecule has 32 heavy (non-hydrogen) atoms. The maximum atomic E-state index is 13.2. The van der Waals surface area contributed by atoms with E-state index in [0.29, 0.717) is 37.4 Å². The SMILES string of the molecule is O=C(O)C1CC2(CCN(C(=O)/C=C/c3ccccc3C(F)(F)F)CC2)c2c(Cl)cccc21. The summed E-state index contributed by atoms with van der Waals surface area (Å²) in [7, 11) is 0. The summed E-state index contributed by atoms with van der Waals surface area (Å²) in [4.78, 5) is 26.0. The molecule has 1 N–H and O–H groups in total. The highest BCUT2D eigenvalue weighted by molar-refractivity contribution is 6.31. The van der Waals surface area contributed by atoms with E-state index in [9.17, 15) is 27.9 Å². The van der Waals surface area contributed by atoms with Crippen LogP contribution in [0.3, 0.4) is 0 Å². The van der Waals surface area contributed by atoms with Crippen molar-refractivity contribution in [3.63, 3.8) is 0 Å². The number of aliphatic carboxylic acids is 1. The van der Waals surface area contributed by atoms with Gasteiger partial charge in [0.15, 0.2) is 0 Å². The van der Waals surface area contributed by atoms with Gasteiger partial charge in [-0.05, 0) is 54.2 Å². The fourth-order valence-electron chi connectivity index (χ4n) is 4.99. The maximum absolute atomic E-state index is 13.2. The van der Waals surface area contributed by atoms with Crippen molar-refractivity contribution in [2.75, 3.05) is 13.1 Å². The normalized spacial score (nSPS) is 20.0. The van der Waals surface area contributed by atoms with Crippen LogP contribution in [0.25, 0.3) is 6.08 Å². The van der Waals surface area contributed by atoms with E-state index >= 15 is 0 Å². The van der Waals surface area contributed by atoms with Gasteiger partial charge in [-0.1, -0.05) is 41.9 Å². The molecule has 1 unspecified atom stereocenters. The van der Waals surface area contributed by atoms with E-state index in [1.54, 1.807) is 23.1 Å². The van der Waals surface area contributed by atoms with Crippen LogP contribution in [-0.2, 0) is 21.2 Å². The summed E-state index contributed by atoms with van der Waals surface area (Å²) in [5.74, 6) is -1.90. The smallest absolute Gasteiger partial charge is 0.416 e. The summed E-state index contributed by atoms with van der Waals surface area (Å²) in [6, 6.07) is 10.4. The zero-order valence-electron chi connectivity index (χ0n) is 17.0. The van der Waals surface area contributed by atoms with Crippen molar-refractivity contribution in [1.82, 2.24) is 4.90 Å². The molecular weight excluding hydrogens is 443 g/mol. The number of likely N-dealkylation sites (tertiary alicyclic amines) is 1. The molecule has 1 amide bonds. The van der Waals surface area contributed by atoms with Crippen LogP contribution in [0.4, 0.5) is 13.2 Å². The Morgan fingerprint density at radius 2 is 1.78 bits per heavy atom. The van der Waals surface area contributed by atoms with E-state index in [0.717, 1.165) is 23.3 Å². The number of carbonyl (C=O) groups excluding carboxylic acids is 1. The van der Waals surface area contributed by atoms with Gasteiger partial charge in [0.2, 0.25) is 5.91 Å². The first-order chi connectivity index (χ1) is 15.1. The van der Waals surface area contributed by atoms with Crippen molar-refractivity contribution in [2.45, 2.75) is 36.8 Å². The number of piperidine rings is 1. The standard InChI is InChI=1S/C24H21ClF3NO3/c25-19-7-3-5-16-17(22(31)32)14-23(21(16)19)10-12-29(13-11-23)20(30)9-8-15-4-1-2-6-18(15)24(26,27)28/h1-9,17H,10-14H2,(H,31,32)/b9-8+. The first-order valence-electron chi connectivity index (χ1n) is 10.3. The number of nitrogens with zero attached hydrogens (tertiary/aromatic N) is 1. The van der Waals surface area contributed by atoms with Gasteiger partial charge in [-0.25, -0.2) is 0 Å². The van der Waals surface area contributed by atoms with Gasteiger partial charge >= 0.3 is 12.1 Å². The van der Waals surface area contributed by atoms with Gasteiger partial charge in [0.05, 0.1) is 11.5 Å². The second-order valence-electron chi connectivity index (χ2n) is 8.32. The Morgan fingerprint density at radius 3 is 2.44 bits per heavy atom. The topological polar surface area (TPSA) is 57.6 Å². The van der Waals surface area contributed by atoms with E-state index in [4.69, 9.17) is 11.6 Å². The van der Waals surface area contributed by atoms with E-state index in [2.05, 4.69) is 0 Å². The lowest BCUT2D eigenvalue weighted by Crippen LogP contribution is -2.44. The lowest BCUT2D eigenvalue weighted by atomic mass is 9.73. The lowest BCUT2D eigenvalue weighted by molar-refractivity contribution is -0.139. The largest absolute Gasteiger partial charge is 0.481 e. The molecule has 0 saturated carbocycles. The minimum Gasteiger partial charge on any atom is -0.481 e. The van der Waals surface area contributed by atoms with Gasteiger partial charge in [0, 0.05) is 29.6 Å². The molecule has 2 aromatic rings. The van der Waals surface area contributed by atoms with Crippen molar-refractivity contribution >= 4 is 29.6 Å². The average Bonchev–Trinajstić information content (AvgIpc) is 3.07. The molecule has 1 atom stereocenters. The molecular formula is C24H21ClF3NO3. The van der Waals surface area contributed by atoms with Crippen LogP contribution in [-0.4, -0.2) is 35.0 Å². The first-order valence-corrected chi connectivity index (χ1v) is 10.7. The van der Waals surface area contributed by atoms with Crippen molar-refractivity contribution in [1.29, 1.82) is 0 Å². The molecule has 1 aliphatic heterocycles. The maximum Gasteiger partial charge on any atom is 0.416 e. The van der Waals surface area contributed by atoms with Crippen molar-refractivity contribution in [2.24, 2.45) is 0 Å². The Kier molecular flexibility index (Phi) is 5.79. The number of benzene rings is 2. The zero-order chi connectivity index (χ0) is 23.1. The second kappa shape index (κ2) is 8.28. The summed E-state index contributed by atoms with van der Waals surface area (Å²) in [6.45, 7) is 0.752. The van der Waals surface area contributed by atoms with Crippen LogP contribution in [0, 0.1) is 0 Å². The molecule has 2 aliphatic rings.